The Morgan fingerprint density at radius 1 is 1.44 bits per heavy atom. The van der Waals surface area contributed by atoms with Crippen LogP contribution in [0.3, 0.4) is 0 Å². The van der Waals surface area contributed by atoms with Crippen LogP contribution < -0.4 is 9.47 Å². The first-order chi connectivity index (χ1) is 8.41. The number of nitrogens with zero attached hydrogens (tertiary/aromatic N) is 2. The van der Waals surface area contributed by atoms with Crippen LogP contribution in [0.15, 0.2) is 6.07 Å². The third-order valence-corrected chi connectivity index (χ3v) is 1.97. The van der Waals surface area contributed by atoms with Crippen molar-refractivity contribution >= 4 is 0 Å². The van der Waals surface area contributed by atoms with Crippen molar-refractivity contribution in [2.24, 2.45) is 0 Å². The van der Waals surface area contributed by atoms with Crippen molar-refractivity contribution in [1.82, 2.24) is 4.98 Å². The van der Waals surface area contributed by atoms with Crippen molar-refractivity contribution in [3.05, 3.63) is 17.3 Å². The molecular weight excluding hydrogens is 256 g/mol. The molecule has 0 saturated carbocycles. The Labute approximate surface area is 99.8 Å². The summed E-state index contributed by atoms with van der Waals surface area (Å²) in [6.07, 6.45) is -5.15. The average molecular weight is 264 g/mol. The lowest BCUT2D eigenvalue weighted by atomic mass is 10.1. The molecule has 1 aromatic rings. The van der Waals surface area contributed by atoms with Crippen LogP contribution in [0.4, 0.5) is 17.6 Å². The second-order valence-electron chi connectivity index (χ2n) is 3.10. The number of hydrogen-bond donors (Lipinski definition) is 0. The first-order valence-electron chi connectivity index (χ1n) is 4.66. The fourth-order valence-electron chi connectivity index (χ4n) is 1.31. The zero-order chi connectivity index (χ0) is 13.8. The summed E-state index contributed by atoms with van der Waals surface area (Å²) in [6.45, 7) is -1.12. The molecule has 0 unspecified atom stereocenters. The predicted molar refractivity (Wildman–Crippen MR) is 51.6 cm³/mol. The number of pyridine rings is 1. The monoisotopic (exact) mass is 264 g/mol. The van der Waals surface area contributed by atoms with Crippen molar-refractivity contribution in [3.63, 3.8) is 0 Å². The number of nitriles is 1. The molecule has 1 heterocycles. The highest BCUT2D eigenvalue weighted by Crippen LogP contribution is 2.30. The van der Waals surface area contributed by atoms with Gasteiger partial charge in [-0.15, -0.1) is 13.2 Å². The highest BCUT2D eigenvalue weighted by atomic mass is 19.4. The maximum Gasteiger partial charge on any atom is 0.574 e. The van der Waals surface area contributed by atoms with E-state index >= 15 is 0 Å². The molecule has 18 heavy (non-hydrogen) atoms. The molecular formula is C10H8F4N2O2. The predicted octanol–water partition coefficient (Wildman–Crippen LogP) is 2.52. The van der Waals surface area contributed by atoms with Crippen LogP contribution in [0.2, 0.25) is 0 Å². The van der Waals surface area contributed by atoms with E-state index in [9.17, 15) is 17.6 Å². The van der Waals surface area contributed by atoms with Gasteiger partial charge in [0, 0.05) is 11.6 Å². The Kier molecular flexibility index (Phi) is 4.31. The fourth-order valence-corrected chi connectivity index (χ4v) is 1.31. The molecule has 0 aliphatic rings. The Hall–Kier alpha value is -2.04. The molecule has 0 saturated heterocycles. The van der Waals surface area contributed by atoms with Gasteiger partial charge in [0.25, 0.3) is 0 Å². The second kappa shape index (κ2) is 5.53. The minimum Gasteiger partial charge on any atom is -0.496 e. The molecule has 8 heteroatoms. The van der Waals surface area contributed by atoms with E-state index in [0.717, 1.165) is 6.07 Å². The summed E-state index contributed by atoms with van der Waals surface area (Å²) >= 11 is 0. The van der Waals surface area contributed by atoms with Crippen LogP contribution in [-0.2, 0) is 13.1 Å². The van der Waals surface area contributed by atoms with E-state index in [0.29, 0.717) is 0 Å². The summed E-state index contributed by atoms with van der Waals surface area (Å²) in [5.41, 5.74) is -0.202. The Morgan fingerprint density at radius 2 is 2.11 bits per heavy atom. The lowest BCUT2D eigenvalue weighted by Crippen LogP contribution is -2.18. The van der Waals surface area contributed by atoms with Crippen molar-refractivity contribution in [3.8, 4) is 17.7 Å². The summed E-state index contributed by atoms with van der Waals surface area (Å²) in [5.74, 6) is -0.896. The third kappa shape index (κ3) is 3.48. The van der Waals surface area contributed by atoms with Crippen molar-refractivity contribution in [1.29, 1.82) is 5.26 Å². The number of ether oxygens (including phenoxy) is 2. The SMILES string of the molecule is COc1cc(OC(F)(F)F)nc(CF)c1CC#N. The van der Waals surface area contributed by atoms with Gasteiger partial charge in [0.2, 0.25) is 5.88 Å². The van der Waals surface area contributed by atoms with E-state index in [-0.39, 0.29) is 23.4 Å². The van der Waals surface area contributed by atoms with Crippen molar-refractivity contribution in [2.75, 3.05) is 7.11 Å². The molecule has 1 rings (SSSR count). The van der Waals surface area contributed by atoms with Gasteiger partial charge in [-0.3, -0.25) is 0 Å². The van der Waals surface area contributed by atoms with Crippen LogP contribution in [0, 0.1) is 11.3 Å². The standard InChI is InChI=1S/C10H8F4N2O2/c1-17-8-4-9(18-10(12,13)14)16-7(5-11)6(8)2-3-15/h4H,2,5H2,1H3. The van der Waals surface area contributed by atoms with Gasteiger partial charge >= 0.3 is 6.36 Å². The number of alkyl halides is 4. The highest BCUT2D eigenvalue weighted by Gasteiger charge is 2.32. The molecule has 1 aromatic heterocycles. The Bertz CT molecular complexity index is 443. The van der Waals surface area contributed by atoms with E-state index in [4.69, 9.17) is 10.00 Å². The number of methoxy groups -OCH3 is 1. The van der Waals surface area contributed by atoms with Crippen LogP contribution in [0.25, 0.3) is 0 Å². The Balaban J connectivity index is 3.22. The van der Waals surface area contributed by atoms with Gasteiger partial charge in [-0.25, -0.2) is 9.37 Å². The van der Waals surface area contributed by atoms with E-state index in [1.54, 1.807) is 6.07 Å². The maximum absolute atomic E-state index is 12.7. The minimum absolute atomic E-state index is 0.0709. The smallest absolute Gasteiger partial charge is 0.496 e. The summed E-state index contributed by atoms with van der Waals surface area (Å²) in [6, 6.07) is 2.61. The molecule has 0 aliphatic heterocycles. The first-order valence-corrected chi connectivity index (χ1v) is 4.66. The van der Waals surface area contributed by atoms with Crippen LogP contribution in [-0.4, -0.2) is 18.5 Å². The molecule has 4 nitrogen and oxygen atoms in total. The summed E-state index contributed by atoms with van der Waals surface area (Å²) in [7, 11) is 1.19. The molecule has 0 amide bonds. The fraction of sp³-hybridized carbons (Fsp3) is 0.400. The minimum atomic E-state index is -4.93. The summed E-state index contributed by atoms with van der Waals surface area (Å²) < 4.78 is 57.1. The number of halogens is 4. The van der Waals surface area contributed by atoms with Crippen molar-refractivity contribution in [2.45, 2.75) is 19.5 Å². The Morgan fingerprint density at radius 3 is 2.56 bits per heavy atom. The number of rotatable bonds is 4. The van der Waals surface area contributed by atoms with Crippen molar-refractivity contribution < 1.29 is 27.0 Å². The zero-order valence-electron chi connectivity index (χ0n) is 9.21. The first kappa shape index (κ1) is 14.0. The normalized spacial score (nSPS) is 10.9. The van der Waals surface area contributed by atoms with E-state index in [2.05, 4.69) is 9.72 Å². The van der Waals surface area contributed by atoms with Crippen LogP contribution >= 0.6 is 0 Å². The molecule has 98 valence electrons. The quantitative estimate of drug-likeness (QED) is 0.784. The van der Waals surface area contributed by atoms with Gasteiger partial charge in [0.05, 0.1) is 25.3 Å². The molecule has 0 aliphatic carbocycles. The van der Waals surface area contributed by atoms with Crippen LogP contribution in [0.1, 0.15) is 11.3 Å². The van der Waals surface area contributed by atoms with Gasteiger partial charge in [-0.2, -0.15) is 5.26 Å². The molecule has 0 radical (unpaired) electrons. The molecule has 0 atom stereocenters. The molecule has 0 bridgehead atoms. The largest absolute Gasteiger partial charge is 0.574 e. The topological polar surface area (TPSA) is 55.1 Å². The van der Waals surface area contributed by atoms with Gasteiger partial charge < -0.3 is 9.47 Å². The maximum atomic E-state index is 12.7. The lowest BCUT2D eigenvalue weighted by Gasteiger charge is -2.13. The number of aromatic nitrogens is 1. The average Bonchev–Trinajstić information content (AvgIpc) is 2.28. The summed E-state index contributed by atoms with van der Waals surface area (Å²) in [5, 5.41) is 8.55. The second-order valence-corrected chi connectivity index (χ2v) is 3.10. The summed E-state index contributed by atoms with van der Waals surface area (Å²) in [4.78, 5) is 3.36. The molecule has 0 fully saturated rings. The van der Waals surface area contributed by atoms with Crippen LogP contribution in [0.5, 0.6) is 11.6 Å². The van der Waals surface area contributed by atoms with Gasteiger partial charge in [0.1, 0.15) is 12.4 Å². The van der Waals surface area contributed by atoms with Gasteiger partial charge in [-0.1, -0.05) is 0 Å². The van der Waals surface area contributed by atoms with E-state index in [1.807, 2.05) is 0 Å². The molecule has 0 N–H and O–H groups in total. The third-order valence-electron chi connectivity index (χ3n) is 1.97. The highest BCUT2D eigenvalue weighted by molar-refractivity contribution is 5.42. The van der Waals surface area contributed by atoms with Gasteiger partial charge in [-0.05, 0) is 0 Å². The molecule has 0 aromatic carbocycles. The van der Waals surface area contributed by atoms with E-state index < -0.39 is 18.9 Å². The van der Waals surface area contributed by atoms with E-state index in [1.165, 1.54) is 7.11 Å². The number of hydrogen-bond acceptors (Lipinski definition) is 4. The lowest BCUT2D eigenvalue weighted by molar-refractivity contribution is -0.276. The molecule has 0 spiro atoms. The van der Waals surface area contributed by atoms with Gasteiger partial charge in [0.15, 0.2) is 0 Å². The zero-order valence-corrected chi connectivity index (χ0v) is 9.21.